The van der Waals surface area contributed by atoms with E-state index in [1.807, 2.05) is 13.8 Å². The molecule has 0 saturated carbocycles. The van der Waals surface area contributed by atoms with Gasteiger partial charge in [0.15, 0.2) is 0 Å². The topological polar surface area (TPSA) is 64.6 Å². The molecule has 6 atom stereocenters. The third-order valence-corrected chi connectivity index (χ3v) is 7.35. The molecule has 4 aliphatic rings. The zero-order valence-electron chi connectivity index (χ0n) is 19.5. The summed E-state index contributed by atoms with van der Waals surface area (Å²) in [6.45, 7) is 9.42. The van der Waals surface area contributed by atoms with Gasteiger partial charge in [-0.1, -0.05) is 0 Å². The molecule has 0 aromatic carbocycles. The summed E-state index contributed by atoms with van der Waals surface area (Å²) in [7, 11) is 0. The van der Waals surface area contributed by atoms with Crippen LogP contribution in [0.1, 0.15) is 65.2 Å². The number of hydrogen-bond acceptors (Lipinski definition) is 7. The molecular formula is C24H42O7. The van der Waals surface area contributed by atoms with Crippen LogP contribution in [0.5, 0.6) is 0 Å². The van der Waals surface area contributed by atoms with Gasteiger partial charge in [0, 0.05) is 38.3 Å². The van der Waals surface area contributed by atoms with Crippen molar-refractivity contribution in [1.29, 1.82) is 0 Å². The first kappa shape index (κ1) is 23.9. The van der Waals surface area contributed by atoms with Crippen molar-refractivity contribution in [2.24, 2.45) is 11.8 Å². The molecule has 0 aliphatic carbocycles. The maximum absolute atomic E-state index is 7.19. The molecule has 0 bridgehead atoms. The van der Waals surface area contributed by atoms with Gasteiger partial charge in [0.2, 0.25) is 11.6 Å². The minimum atomic E-state index is -0.870. The summed E-state index contributed by atoms with van der Waals surface area (Å²) >= 11 is 0. The van der Waals surface area contributed by atoms with Gasteiger partial charge in [-0.15, -0.1) is 0 Å². The molecule has 0 aromatic heterocycles. The minimum absolute atomic E-state index is 0.105. The van der Waals surface area contributed by atoms with Gasteiger partial charge in [-0.05, 0) is 65.2 Å². The van der Waals surface area contributed by atoms with Crippen LogP contribution >= 0.6 is 0 Å². The Morgan fingerprint density at radius 1 is 0.645 bits per heavy atom. The number of hydrogen-bond donors (Lipinski definition) is 0. The highest BCUT2D eigenvalue weighted by Crippen LogP contribution is 2.50. The highest BCUT2D eigenvalue weighted by atomic mass is 16.8. The molecule has 0 aromatic rings. The van der Waals surface area contributed by atoms with E-state index in [-0.39, 0.29) is 24.0 Å². The lowest BCUT2D eigenvalue weighted by Crippen LogP contribution is -2.63. The van der Waals surface area contributed by atoms with E-state index in [0.29, 0.717) is 39.6 Å². The van der Waals surface area contributed by atoms with Crippen LogP contribution in [0.15, 0.2) is 0 Å². The summed E-state index contributed by atoms with van der Waals surface area (Å²) in [5, 5.41) is 0. The summed E-state index contributed by atoms with van der Waals surface area (Å²) in [5.41, 5.74) is 0. The van der Waals surface area contributed by atoms with Gasteiger partial charge < -0.3 is 33.2 Å². The average molecular weight is 443 g/mol. The number of rotatable bonds is 10. The largest absolute Gasteiger partial charge is 0.381 e. The molecule has 31 heavy (non-hydrogen) atoms. The first-order valence-electron chi connectivity index (χ1n) is 12.6. The van der Waals surface area contributed by atoms with Gasteiger partial charge >= 0.3 is 0 Å². The van der Waals surface area contributed by atoms with Crippen LogP contribution in [0.2, 0.25) is 0 Å². The molecule has 0 amide bonds. The van der Waals surface area contributed by atoms with Crippen LogP contribution < -0.4 is 0 Å². The first-order chi connectivity index (χ1) is 15.2. The summed E-state index contributed by atoms with van der Waals surface area (Å²) < 4.78 is 44.6. The standard InChI is InChI=1S/C24H42O7/c1-3-25-17-19-11-15-29-23(19,21-9-5-7-13-27-21)31-24(22-10-6-8-14-28-22)20(12-16-30-24)18-26-4-2/h19-22H,3-18H2,1-2H3. The molecule has 180 valence electrons. The highest BCUT2D eigenvalue weighted by Gasteiger charge is 2.62. The molecule has 0 spiro atoms. The molecule has 4 aliphatic heterocycles. The second kappa shape index (κ2) is 11.2. The summed E-state index contributed by atoms with van der Waals surface area (Å²) in [6.07, 6.45) is 7.84. The van der Waals surface area contributed by atoms with Crippen LogP contribution in [-0.4, -0.2) is 76.6 Å². The first-order valence-corrected chi connectivity index (χ1v) is 12.6. The quantitative estimate of drug-likeness (QED) is 0.511. The van der Waals surface area contributed by atoms with Crippen LogP contribution in [0.4, 0.5) is 0 Å². The Labute approximate surface area is 187 Å². The SMILES string of the molecule is CCOCC1CCOC1(OC1(C2CCCCO2)OCCC1COCC)C1CCCCO1. The Bertz CT molecular complexity index is 488. The molecule has 4 saturated heterocycles. The van der Waals surface area contributed by atoms with Crippen molar-refractivity contribution < 1.29 is 33.2 Å². The van der Waals surface area contributed by atoms with Crippen LogP contribution in [0.3, 0.4) is 0 Å². The minimum Gasteiger partial charge on any atom is -0.381 e. The highest BCUT2D eigenvalue weighted by molar-refractivity contribution is 5.00. The maximum atomic E-state index is 7.19. The van der Waals surface area contributed by atoms with Crippen molar-refractivity contribution in [2.45, 2.75) is 89.0 Å². The second-order valence-corrected chi connectivity index (χ2v) is 9.24. The maximum Gasteiger partial charge on any atom is 0.203 e. The van der Waals surface area contributed by atoms with Crippen molar-refractivity contribution in [3.63, 3.8) is 0 Å². The molecule has 4 fully saturated rings. The zero-order valence-corrected chi connectivity index (χ0v) is 19.5. The van der Waals surface area contributed by atoms with E-state index in [1.54, 1.807) is 0 Å². The van der Waals surface area contributed by atoms with Crippen LogP contribution in [0, 0.1) is 11.8 Å². The Morgan fingerprint density at radius 3 is 1.52 bits per heavy atom. The lowest BCUT2D eigenvalue weighted by atomic mass is 9.86. The van der Waals surface area contributed by atoms with Crippen molar-refractivity contribution >= 4 is 0 Å². The fourth-order valence-electron chi connectivity index (χ4n) is 5.71. The lowest BCUT2D eigenvalue weighted by Gasteiger charge is -2.50. The third kappa shape index (κ3) is 4.98. The monoisotopic (exact) mass is 442 g/mol. The predicted molar refractivity (Wildman–Crippen MR) is 115 cm³/mol. The van der Waals surface area contributed by atoms with Gasteiger partial charge in [0.1, 0.15) is 12.2 Å². The van der Waals surface area contributed by atoms with Crippen molar-refractivity contribution in [3.05, 3.63) is 0 Å². The van der Waals surface area contributed by atoms with Crippen LogP contribution in [-0.2, 0) is 33.2 Å². The van der Waals surface area contributed by atoms with E-state index in [9.17, 15) is 0 Å². The van der Waals surface area contributed by atoms with Crippen molar-refractivity contribution in [3.8, 4) is 0 Å². The fourth-order valence-corrected chi connectivity index (χ4v) is 5.71. The van der Waals surface area contributed by atoms with Crippen molar-refractivity contribution in [1.82, 2.24) is 0 Å². The molecule has 7 heteroatoms. The van der Waals surface area contributed by atoms with Crippen molar-refractivity contribution in [2.75, 3.05) is 52.9 Å². The average Bonchev–Trinajstić information content (AvgIpc) is 3.42. The summed E-state index contributed by atoms with van der Waals surface area (Å²) in [4.78, 5) is 0. The van der Waals surface area contributed by atoms with Crippen LogP contribution in [0.25, 0.3) is 0 Å². The smallest absolute Gasteiger partial charge is 0.203 e. The second-order valence-electron chi connectivity index (χ2n) is 9.24. The predicted octanol–water partition coefficient (Wildman–Crippen LogP) is 3.68. The van der Waals surface area contributed by atoms with E-state index in [1.165, 1.54) is 0 Å². The Balaban J connectivity index is 1.66. The molecule has 4 rings (SSSR count). The summed E-state index contributed by atoms with van der Waals surface area (Å²) in [6, 6.07) is 0. The van der Waals surface area contributed by atoms with E-state index in [0.717, 1.165) is 64.6 Å². The summed E-state index contributed by atoms with van der Waals surface area (Å²) in [5.74, 6) is -1.53. The van der Waals surface area contributed by atoms with E-state index >= 15 is 0 Å². The molecule has 4 heterocycles. The fraction of sp³-hybridized carbons (Fsp3) is 1.00. The normalized spacial score (nSPS) is 41.6. The third-order valence-electron chi connectivity index (χ3n) is 7.35. The molecule has 6 unspecified atom stereocenters. The van der Waals surface area contributed by atoms with E-state index < -0.39 is 11.6 Å². The Hall–Kier alpha value is -0.280. The van der Waals surface area contributed by atoms with Gasteiger partial charge in [-0.25, -0.2) is 0 Å². The van der Waals surface area contributed by atoms with Gasteiger partial charge in [-0.2, -0.15) is 0 Å². The van der Waals surface area contributed by atoms with Gasteiger partial charge in [-0.3, -0.25) is 0 Å². The molecule has 7 nitrogen and oxygen atoms in total. The van der Waals surface area contributed by atoms with Gasteiger partial charge in [0.25, 0.3) is 0 Å². The number of ether oxygens (including phenoxy) is 7. The Morgan fingerprint density at radius 2 is 1.13 bits per heavy atom. The Kier molecular flexibility index (Phi) is 8.65. The van der Waals surface area contributed by atoms with Gasteiger partial charge in [0.05, 0.1) is 26.4 Å². The molecular weight excluding hydrogens is 400 g/mol. The molecule has 0 radical (unpaired) electrons. The van der Waals surface area contributed by atoms with E-state index in [2.05, 4.69) is 0 Å². The molecule has 0 N–H and O–H groups in total. The zero-order chi connectivity index (χ0) is 21.6. The lowest BCUT2D eigenvalue weighted by molar-refractivity contribution is -0.414. The van der Waals surface area contributed by atoms with E-state index in [4.69, 9.17) is 33.2 Å².